The smallest absolute Gasteiger partial charge is 0.192 e. The predicted molar refractivity (Wildman–Crippen MR) is 94.2 cm³/mol. The van der Waals surface area contributed by atoms with Crippen molar-refractivity contribution in [1.82, 2.24) is 0 Å². The SMILES string of the molecule is C=C[C@H](O[Si](C)(C)C(C)(C)C)C(Cl)Sc1ccccc1. The molecule has 0 amide bonds. The number of benzene rings is 1. The van der Waals surface area contributed by atoms with E-state index >= 15 is 0 Å². The Morgan fingerprint density at radius 2 is 1.80 bits per heavy atom. The van der Waals surface area contributed by atoms with Gasteiger partial charge in [0.05, 0.1) is 6.10 Å². The van der Waals surface area contributed by atoms with Crippen LogP contribution in [0.4, 0.5) is 0 Å². The van der Waals surface area contributed by atoms with Crippen molar-refractivity contribution >= 4 is 31.7 Å². The van der Waals surface area contributed by atoms with Gasteiger partial charge in [-0.2, -0.15) is 0 Å². The van der Waals surface area contributed by atoms with Crippen molar-refractivity contribution in [2.45, 2.75) is 54.6 Å². The van der Waals surface area contributed by atoms with Crippen LogP contribution >= 0.6 is 23.4 Å². The van der Waals surface area contributed by atoms with Gasteiger partial charge in [-0.1, -0.05) is 45.0 Å². The highest BCUT2D eigenvalue weighted by Crippen LogP contribution is 2.39. The first-order chi connectivity index (χ1) is 9.17. The molecule has 0 aromatic heterocycles. The van der Waals surface area contributed by atoms with Crippen LogP contribution in [-0.2, 0) is 4.43 Å². The first kappa shape index (κ1) is 17.8. The van der Waals surface area contributed by atoms with Gasteiger partial charge < -0.3 is 4.43 Å². The molecule has 0 bridgehead atoms. The predicted octanol–water partition coefficient (Wildman–Crippen LogP) is 5.92. The van der Waals surface area contributed by atoms with Crippen molar-refractivity contribution in [2.75, 3.05) is 0 Å². The Balaban J connectivity index is 2.74. The summed E-state index contributed by atoms with van der Waals surface area (Å²) in [5.41, 5.74) is 0. The highest BCUT2D eigenvalue weighted by Gasteiger charge is 2.40. The lowest BCUT2D eigenvalue weighted by molar-refractivity contribution is 0.239. The van der Waals surface area contributed by atoms with E-state index < -0.39 is 8.32 Å². The van der Waals surface area contributed by atoms with Gasteiger partial charge in [0, 0.05) is 4.90 Å². The van der Waals surface area contributed by atoms with E-state index in [-0.39, 0.29) is 15.9 Å². The van der Waals surface area contributed by atoms with Gasteiger partial charge in [0.1, 0.15) is 4.71 Å². The molecule has 20 heavy (non-hydrogen) atoms. The van der Waals surface area contributed by atoms with Crippen molar-refractivity contribution in [3.05, 3.63) is 43.0 Å². The van der Waals surface area contributed by atoms with Crippen LogP contribution in [0.25, 0.3) is 0 Å². The van der Waals surface area contributed by atoms with Crippen LogP contribution in [0.2, 0.25) is 18.1 Å². The van der Waals surface area contributed by atoms with E-state index in [4.69, 9.17) is 16.0 Å². The van der Waals surface area contributed by atoms with Crippen molar-refractivity contribution in [3.8, 4) is 0 Å². The summed E-state index contributed by atoms with van der Waals surface area (Å²) < 4.78 is 6.19. The highest BCUT2D eigenvalue weighted by atomic mass is 35.5. The molecule has 0 aliphatic rings. The molecule has 0 N–H and O–H groups in total. The van der Waals surface area contributed by atoms with Crippen LogP contribution in [-0.4, -0.2) is 19.1 Å². The zero-order valence-corrected chi connectivity index (χ0v) is 15.6. The van der Waals surface area contributed by atoms with Gasteiger partial charge in [0.25, 0.3) is 0 Å². The molecule has 1 unspecified atom stereocenters. The first-order valence-corrected chi connectivity index (χ1v) is 11.1. The van der Waals surface area contributed by atoms with E-state index in [1.165, 1.54) is 0 Å². The largest absolute Gasteiger partial charge is 0.408 e. The number of thioether (sulfide) groups is 1. The molecule has 2 atom stereocenters. The van der Waals surface area contributed by atoms with Crippen LogP contribution in [0.5, 0.6) is 0 Å². The molecular weight excluding hydrogens is 304 g/mol. The molecule has 0 saturated carbocycles. The topological polar surface area (TPSA) is 9.23 Å². The fourth-order valence-electron chi connectivity index (χ4n) is 1.42. The lowest BCUT2D eigenvalue weighted by Crippen LogP contribution is -2.45. The standard InChI is InChI=1S/C16H25ClOSSi/c1-7-14(18-20(5,6)16(2,3)4)15(17)19-13-11-9-8-10-12-13/h7-12,14-15H,1H2,2-6H3/t14-,15?/m0/s1. The fourth-order valence-corrected chi connectivity index (χ4v) is 4.21. The number of hydrogen-bond donors (Lipinski definition) is 0. The van der Waals surface area contributed by atoms with Crippen LogP contribution in [0.15, 0.2) is 47.9 Å². The quantitative estimate of drug-likeness (QED) is 0.277. The van der Waals surface area contributed by atoms with E-state index in [9.17, 15) is 0 Å². The maximum Gasteiger partial charge on any atom is 0.192 e. The molecule has 0 aliphatic carbocycles. The molecule has 112 valence electrons. The number of hydrogen-bond acceptors (Lipinski definition) is 2. The molecule has 0 aliphatic heterocycles. The Labute approximate surface area is 133 Å². The average Bonchev–Trinajstić information content (AvgIpc) is 2.35. The number of rotatable bonds is 6. The Morgan fingerprint density at radius 1 is 1.25 bits per heavy atom. The Hall–Kier alpha value is -0.223. The first-order valence-electron chi connectivity index (χ1n) is 6.83. The molecule has 0 fully saturated rings. The molecule has 1 aromatic carbocycles. The second-order valence-corrected chi connectivity index (χ2v) is 13.1. The molecule has 1 rings (SSSR count). The zero-order valence-electron chi connectivity index (χ0n) is 13.0. The van der Waals surface area contributed by atoms with Gasteiger partial charge in [0.15, 0.2) is 8.32 Å². The number of halogens is 1. The lowest BCUT2D eigenvalue weighted by atomic mass is 10.2. The maximum absolute atomic E-state index is 6.53. The Bertz CT molecular complexity index is 428. The van der Waals surface area contributed by atoms with Crippen LogP contribution < -0.4 is 0 Å². The third-order valence-corrected chi connectivity index (χ3v) is 9.75. The molecule has 0 heterocycles. The van der Waals surface area contributed by atoms with E-state index in [0.717, 1.165) is 4.90 Å². The van der Waals surface area contributed by atoms with E-state index in [0.29, 0.717) is 0 Å². The molecule has 1 aromatic rings. The van der Waals surface area contributed by atoms with Crippen molar-refractivity contribution in [2.24, 2.45) is 0 Å². The van der Waals surface area contributed by atoms with Crippen molar-refractivity contribution in [1.29, 1.82) is 0 Å². The van der Waals surface area contributed by atoms with Gasteiger partial charge in [-0.3, -0.25) is 0 Å². The summed E-state index contributed by atoms with van der Waals surface area (Å²) in [7, 11) is -1.84. The molecule has 0 saturated heterocycles. The van der Waals surface area contributed by atoms with Crippen LogP contribution in [0, 0.1) is 0 Å². The highest BCUT2D eigenvalue weighted by molar-refractivity contribution is 8.01. The Morgan fingerprint density at radius 3 is 2.25 bits per heavy atom. The second kappa shape index (κ2) is 7.17. The van der Waals surface area contributed by atoms with E-state index in [1.807, 2.05) is 24.3 Å². The zero-order chi connectivity index (χ0) is 15.4. The molecule has 1 nitrogen and oxygen atoms in total. The minimum absolute atomic E-state index is 0.136. The van der Waals surface area contributed by atoms with Gasteiger partial charge in [0.2, 0.25) is 0 Å². The summed E-state index contributed by atoms with van der Waals surface area (Å²) in [6, 6.07) is 10.2. The monoisotopic (exact) mass is 328 g/mol. The molecule has 0 spiro atoms. The average molecular weight is 329 g/mol. The minimum Gasteiger partial charge on any atom is -0.408 e. The van der Waals surface area contributed by atoms with Gasteiger partial charge in [-0.25, -0.2) is 0 Å². The summed E-state index contributed by atoms with van der Waals surface area (Å²) >= 11 is 8.15. The van der Waals surface area contributed by atoms with Crippen LogP contribution in [0.1, 0.15) is 20.8 Å². The van der Waals surface area contributed by atoms with E-state index in [1.54, 1.807) is 11.8 Å². The van der Waals surface area contributed by atoms with Crippen molar-refractivity contribution in [3.63, 3.8) is 0 Å². The maximum atomic E-state index is 6.53. The van der Waals surface area contributed by atoms with Gasteiger partial charge >= 0.3 is 0 Å². The molecule has 4 heteroatoms. The van der Waals surface area contributed by atoms with Gasteiger partial charge in [-0.15, -0.1) is 29.9 Å². The summed E-state index contributed by atoms with van der Waals surface area (Å²) in [5, 5.41) is 0.169. The fraction of sp³-hybridized carbons (Fsp3) is 0.500. The lowest BCUT2D eigenvalue weighted by Gasteiger charge is -2.39. The summed E-state index contributed by atoms with van der Waals surface area (Å²) in [5.74, 6) is 0. The third kappa shape index (κ3) is 4.96. The Kier molecular flexibility index (Phi) is 6.39. The molecule has 0 radical (unpaired) electrons. The summed E-state index contributed by atoms with van der Waals surface area (Å²) in [6.45, 7) is 15.0. The second-order valence-electron chi connectivity index (χ2n) is 6.36. The molecular formula is C16H25ClOSSi. The summed E-state index contributed by atoms with van der Waals surface area (Å²) in [6.07, 6.45) is 1.69. The normalized spacial score (nSPS) is 15.7. The summed E-state index contributed by atoms with van der Waals surface area (Å²) in [4.78, 5) is 1.15. The van der Waals surface area contributed by atoms with Gasteiger partial charge in [-0.05, 0) is 30.3 Å². The number of alkyl halides is 1. The minimum atomic E-state index is -1.84. The third-order valence-electron chi connectivity index (χ3n) is 3.72. The van der Waals surface area contributed by atoms with Crippen LogP contribution in [0.3, 0.4) is 0 Å². The van der Waals surface area contributed by atoms with Crippen molar-refractivity contribution < 1.29 is 4.43 Å². The van der Waals surface area contributed by atoms with E-state index in [2.05, 4.69) is 52.6 Å².